The van der Waals surface area contributed by atoms with Gasteiger partial charge in [-0.2, -0.15) is 0 Å². The topological polar surface area (TPSA) is 43.2 Å². The Morgan fingerprint density at radius 2 is 0.956 bits per heavy atom. The number of hydrogen-bond donors (Lipinski definition) is 0. The normalized spacial score (nSPS) is 18.5. The second-order valence-electron chi connectivity index (χ2n) is 14.5. The molecule has 0 saturated carbocycles. The van der Waals surface area contributed by atoms with E-state index in [2.05, 4.69) is 139 Å². The van der Waals surface area contributed by atoms with Gasteiger partial charge in [0.15, 0.2) is 0 Å². The van der Waals surface area contributed by atoms with Gasteiger partial charge in [-0.25, -0.2) is 9.98 Å². The molecule has 0 spiro atoms. The van der Waals surface area contributed by atoms with Crippen LogP contribution in [0.25, 0.3) is 44.2 Å². The number of ether oxygens (including phenoxy) is 2. The quantitative estimate of drug-likeness (QED) is 0.209. The SMILES string of the molecule is CC1(C)COC(c2ccc(-c3ccc4c(c3)C(C)(C)c3c-4ccc4cc(-c5ccc(C6=NC(C)(C)CO6)cc5)ccc34)cc2)=N1. The Labute approximate surface area is 265 Å². The molecule has 0 amide bonds. The maximum absolute atomic E-state index is 5.86. The fourth-order valence-corrected chi connectivity index (χ4v) is 7.09. The summed E-state index contributed by atoms with van der Waals surface area (Å²) in [5.41, 5.74) is 11.9. The second kappa shape index (κ2) is 9.65. The molecule has 4 nitrogen and oxygen atoms in total. The minimum absolute atomic E-state index is 0.128. The van der Waals surface area contributed by atoms with E-state index in [0.29, 0.717) is 13.2 Å². The summed E-state index contributed by atoms with van der Waals surface area (Å²) in [5, 5.41) is 2.58. The summed E-state index contributed by atoms with van der Waals surface area (Å²) in [6.07, 6.45) is 0. The molecule has 1 aliphatic carbocycles. The van der Waals surface area contributed by atoms with Gasteiger partial charge in [0.2, 0.25) is 11.8 Å². The number of nitrogens with zero attached hydrogens (tertiary/aromatic N) is 2. The van der Waals surface area contributed by atoms with Crippen LogP contribution in [-0.4, -0.2) is 36.1 Å². The monoisotopic (exact) mass is 590 g/mol. The molecular formula is C41H38N2O2. The zero-order valence-electron chi connectivity index (χ0n) is 26.9. The van der Waals surface area contributed by atoms with E-state index in [0.717, 1.165) is 22.9 Å². The molecule has 0 saturated heterocycles. The first-order valence-electron chi connectivity index (χ1n) is 15.9. The van der Waals surface area contributed by atoms with E-state index in [1.165, 1.54) is 55.3 Å². The first-order valence-corrected chi connectivity index (χ1v) is 15.9. The second-order valence-corrected chi connectivity index (χ2v) is 14.5. The highest BCUT2D eigenvalue weighted by atomic mass is 16.5. The summed E-state index contributed by atoms with van der Waals surface area (Å²) in [5.74, 6) is 1.47. The average Bonchev–Trinajstić information content (AvgIpc) is 3.67. The molecular weight excluding hydrogens is 552 g/mol. The summed E-state index contributed by atoms with van der Waals surface area (Å²) in [6.45, 7) is 14.4. The smallest absolute Gasteiger partial charge is 0.216 e. The molecule has 0 N–H and O–H groups in total. The van der Waals surface area contributed by atoms with Gasteiger partial charge in [-0.15, -0.1) is 0 Å². The third kappa shape index (κ3) is 4.66. The Balaban J connectivity index is 1.10. The first-order chi connectivity index (χ1) is 21.5. The summed E-state index contributed by atoms with van der Waals surface area (Å²) in [6, 6.07) is 35.6. The van der Waals surface area contributed by atoms with Crippen molar-refractivity contribution in [3.63, 3.8) is 0 Å². The van der Waals surface area contributed by atoms with Crippen molar-refractivity contribution in [1.82, 2.24) is 0 Å². The van der Waals surface area contributed by atoms with Crippen LogP contribution in [0.2, 0.25) is 0 Å². The summed E-state index contributed by atoms with van der Waals surface area (Å²) < 4.78 is 11.7. The van der Waals surface area contributed by atoms with E-state index in [1.807, 2.05) is 0 Å². The highest BCUT2D eigenvalue weighted by molar-refractivity contribution is 6.00. The number of aliphatic imine (C=N–C) groups is 2. The van der Waals surface area contributed by atoms with Crippen LogP contribution < -0.4 is 0 Å². The van der Waals surface area contributed by atoms with Crippen LogP contribution in [0.1, 0.15) is 63.8 Å². The van der Waals surface area contributed by atoms with Gasteiger partial charge in [-0.3, -0.25) is 0 Å². The Hall–Kier alpha value is -4.70. The van der Waals surface area contributed by atoms with Gasteiger partial charge < -0.3 is 9.47 Å². The zero-order chi connectivity index (χ0) is 31.1. The van der Waals surface area contributed by atoms with Crippen molar-refractivity contribution in [2.24, 2.45) is 9.98 Å². The minimum Gasteiger partial charge on any atom is -0.475 e. The molecule has 2 aliphatic heterocycles. The van der Waals surface area contributed by atoms with Crippen molar-refractivity contribution in [2.75, 3.05) is 13.2 Å². The minimum atomic E-state index is -0.162. The van der Waals surface area contributed by atoms with Gasteiger partial charge in [0.25, 0.3) is 0 Å². The Morgan fingerprint density at radius 3 is 1.49 bits per heavy atom. The first kappa shape index (κ1) is 27.8. The van der Waals surface area contributed by atoms with Gasteiger partial charge in [-0.1, -0.05) is 74.5 Å². The van der Waals surface area contributed by atoms with E-state index in [-0.39, 0.29) is 16.5 Å². The van der Waals surface area contributed by atoms with E-state index >= 15 is 0 Å². The largest absolute Gasteiger partial charge is 0.475 e. The van der Waals surface area contributed by atoms with Gasteiger partial charge in [0, 0.05) is 16.5 Å². The highest BCUT2D eigenvalue weighted by Gasteiger charge is 2.37. The molecule has 2 heterocycles. The lowest BCUT2D eigenvalue weighted by atomic mass is 9.79. The fourth-order valence-electron chi connectivity index (χ4n) is 7.09. The van der Waals surface area contributed by atoms with Gasteiger partial charge in [-0.05, 0) is 119 Å². The predicted molar refractivity (Wildman–Crippen MR) is 186 cm³/mol. The highest BCUT2D eigenvalue weighted by Crippen LogP contribution is 2.52. The van der Waals surface area contributed by atoms with Crippen LogP contribution in [0.4, 0.5) is 0 Å². The van der Waals surface area contributed by atoms with E-state index in [9.17, 15) is 0 Å². The van der Waals surface area contributed by atoms with Crippen molar-refractivity contribution in [1.29, 1.82) is 0 Å². The van der Waals surface area contributed by atoms with Crippen molar-refractivity contribution >= 4 is 22.6 Å². The van der Waals surface area contributed by atoms with Crippen molar-refractivity contribution < 1.29 is 9.47 Å². The number of fused-ring (bicyclic) bond motifs is 5. The molecule has 5 aromatic rings. The molecule has 0 radical (unpaired) electrons. The molecule has 0 aromatic heterocycles. The van der Waals surface area contributed by atoms with Gasteiger partial charge in [0.05, 0.1) is 11.1 Å². The van der Waals surface area contributed by atoms with E-state index < -0.39 is 0 Å². The summed E-state index contributed by atoms with van der Waals surface area (Å²) in [4.78, 5) is 9.47. The Morgan fingerprint density at radius 1 is 0.489 bits per heavy atom. The van der Waals surface area contributed by atoms with E-state index in [4.69, 9.17) is 19.5 Å². The van der Waals surface area contributed by atoms with Crippen LogP contribution >= 0.6 is 0 Å². The van der Waals surface area contributed by atoms with Gasteiger partial charge >= 0.3 is 0 Å². The standard InChI is InChI=1S/C41H38N2O2/c1-39(2)23-44-37(42-39)27-11-7-25(8-12-27)29-15-18-32-31(21-29)17-20-34-33-19-16-30(22-35(33)41(5,6)36(32)34)26-9-13-28(14-10-26)38-43-40(3,4)24-45-38/h7-22H,23-24H2,1-6H3. The maximum Gasteiger partial charge on any atom is 0.216 e. The Bertz CT molecular complexity index is 2060. The van der Waals surface area contributed by atoms with Crippen molar-refractivity contribution in [3.05, 3.63) is 119 Å². The third-order valence-corrected chi connectivity index (χ3v) is 9.49. The molecule has 0 bridgehead atoms. The molecule has 8 rings (SSSR count). The number of hydrogen-bond acceptors (Lipinski definition) is 4. The molecule has 0 atom stereocenters. The Kier molecular flexibility index (Phi) is 5.96. The fraction of sp³-hybridized carbons (Fsp3) is 0.268. The maximum atomic E-state index is 5.86. The van der Waals surface area contributed by atoms with Gasteiger partial charge in [0.1, 0.15) is 13.2 Å². The molecule has 3 aliphatic rings. The number of rotatable bonds is 4. The average molecular weight is 591 g/mol. The summed E-state index contributed by atoms with van der Waals surface area (Å²) in [7, 11) is 0. The number of benzene rings is 5. The molecule has 0 fully saturated rings. The summed E-state index contributed by atoms with van der Waals surface area (Å²) >= 11 is 0. The van der Waals surface area contributed by atoms with Crippen LogP contribution in [0.15, 0.2) is 107 Å². The van der Waals surface area contributed by atoms with Crippen molar-refractivity contribution in [2.45, 2.75) is 58.0 Å². The van der Waals surface area contributed by atoms with E-state index in [1.54, 1.807) is 0 Å². The van der Waals surface area contributed by atoms with Crippen LogP contribution in [0, 0.1) is 0 Å². The van der Waals surface area contributed by atoms with Crippen molar-refractivity contribution in [3.8, 4) is 33.4 Å². The van der Waals surface area contributed by atoms with Crippen LogP contribution in [-0.2, 0) is 14.9 Å². The zero-order valence-corrected chi connectivity index (χ0v) is 26.9. The molecule has 45 heavy (non-hydrogen) atoms. The lowest BCUT2D eigenvalue weighted by Crippen LogP contribution is -2.17. The molecule has 5 aromatic carbocycles. The third-order valence-electron chi connectivity index (χ3n) is 9.49. The lowest BCUT2D eigenvalue weighted by Gasteiger charge is -2.24. The molecule has 0 unspecified atom stereocenters. The van der Waals surface area contributed by atoms with Crippen LogP contribution in [0.5, 0.6) is 0 Å². The lowest BCUT2D eigenvalue weighted by molar-refractivity contribution is 0.279. The molecule has 224 valence electrons. The predicted octanol–water partition coefficient (Wildman–Crippen LogP) is 9.59. The molecule has 4 heteroatoms. The van der Waals surface area contributed by atoms with Crippen LogP contribution in [0.3, 0.4) is 0 Å².